The molecular formula is C55H70N8O13S3. The van der Waals surface area contributed by atoms with Gasteiger partial charge < -0.3 is 43.4 Å². The summed E-state index contributed by atoms with van der Waals surface area (Å²) in [6.07, 6.45) is 2.98. The SMILES string of the molecule is C=C[C@@H]1C[C@]1(NC(=O)[C@@H]1C[C@@H](Oc2cc(-c3csc(NC(C)C)n3)nc3cc(OC)ccc23)CN1C(=O)[C@@H](NC(=O)OC1CCCC1)C(C)(C)C)C(=O)NS(=O)(=O)Oc1c(C)cccc1C.Cc1cccc(C)c1OS(N)(=O)=O. The van der Waals surface area contributed by atoms with Crippen LogP contribution in [-0.4, -0.2) is 105 Å². The van der Waals surface area contributed by atoms with Crippen molar-refractivity contribution in [3.8, 4) is 34.4 Å². The first kappa shape index (κ1) is 59.6. The number of ether oxygens (including phenoxy) is 3. The van der Waals surface area contributed by atoms with Gasteiger partial charge in [0.1, 0.15) is 58.5 Å². The fourth-order valence-electron chi connectivity index (χ4n) is 9.56. The Labute approximate surface area is 465 Å². The first-order valence-electron chi connectivity index (χ1n) is 25.8. The lowest BCUT2D eigenvalue weighted by Gasteiger charge is -2.35. The summed E-state index contributed by atoms with van der Waals surface area (Å²) in [6.45, 7) is 20.0. The van der Waals surface area contributed by atoms with Gasteiger partial charge in [0.25, 0.3) is 5.91 Å². The molecule has 0 bridgehead atoms. The number of fused-ring (bicyclic) bond motifs is 1. The quantitative estimate of drug-likeness (QED) is 0.0527. The Morgan fingerprint density at radius 1 is 0.873 bits per heavy atom. The molecule has 8 rings (SSSR count). The topological polar surface area (TPSA) is 286 Å². The van der Waals surface area contributed by atoms with Crippen LogP contribution in [0.3, 0.4) is 0 Å². The minimum absolute atomic E-state index is 0.0347. The van der Waals surface area contributed by atoms with E-state index in [0.717, 1.165) is 41.9 Å². The van der Waals surface area contributed by atoms with Crippen molar-refractivity contribution in [3.63, 3.8) is 0 Å². The van der Waals surface area contributed by atoms with Crippen LogP contribution in [0.4, 0.5) is 9.93 Å². The van der Waals surface area contributed by atoms with E-state index in [9.17, 15) is 36.0 Å². The zero-order valence-corrected chi connectivity index (χ0v) is 48.4. The zero-order chi connectivity index (χ0) is 57.8. The van der Waals surface area contributed by atoms with Crippen LogP contribution >= 0.6 is 11.3 Å². The van der Waals surface area contributed by atoms with Gasteiger partial charge in [-0.3, -0.25) is 14.4 Å². The second-order valence-electron chi connectivity index (χ2n) is 21.5. The number of hydrogen-bond donors (Lipinski definition) is 5. The molecule has 5 aromatic rings. The van der Waals surface area contributed by atoms with Crippen LogP contribution in [0.5, 0.6) is 23.0 Å². The number of aromatic nitrogens is 2. The molecule has 2 aliphatic carbocycles. The number of nitrogens with one attached hydrogen (secondary N) is 4. The number of para-hydroxylation sites is 2. The maximum absolute atomic E-state index is 14.9. The number of nitrogens with two attached hydrogens (primary N) is 1. The highest BCUT2D eigenvalue weighted by atomic mass is 32.2. The average molecular weight is 1150 g/mol. The van der Waals surface area contributed by atoms with E-state index in [2.05, 4.69) is 26.7 Å². The number of benzene rings is 3. The molecule has 3 heterocycles. The number of alkyl carbamates (subject to hydrolysis) is 1. The van der Waals surface area contributed by atoms with Crippen LogP contribution in [0.15, 0.2) is 78.7 Å². The Bertz CT molecular complexity index is 3300. The van der Waals surface area contributed by atoms with Gasteiger partial charge in [-0.05, 0) is 113 Å². The number of likely N-dealkylation sites (tertiary alicyclic amines) is 1. The molecule has 1 saturated heterocycles. The molecule has 3 aromatic carbocycles. The third-order valence-corrected chi connectivity index (χ3v) is 15.7. The van der Waals surface area contributed by atoms with E-state index in [1.54, 1.807) is 104 Å². The highest BCUT2D eigenvalue weighted by Gasteiger charge is 2.62. The van der Waals surface area contributed by atoms with Gasteiger partial charge in [0.2, 0.25) is 11.8 Å². The number of anilines is 1. The smallest absolute Gasteiger partial charge is 0.409 e. The van der Waals surface area contributed by atoms with Gasteiger partial charge in [0, 0.05) is 41.3 Å². The molecule has 1 aliphatic heterocycles. The molecule has 0 radical (unpaired) electrons. The largest absolute Gasteiger partial charge is 0.497 e. The van der Waals surface area contributed by atoms with Crippen LogP contribution in [0.2, 0.25) is 0 Å². The number of amides is 4. The number of methoxy groups -OCH3 is 1. The first-order valence-corrected chi connectivity index (χ1v) is 29.6. The van der Waals surface area contributed by atoms with E-state index in [1.165, 1.54) is 22.3 Å². The first-order chi connectivity index (χ1) is 37.1. The number of rotatable bonds is 18. The van der Waals surface area contributed by atoms with Gasteiger partial charge >= 0.3 is 26.7 Å². The summed E-state index contributed by atoms with van der Waals surface area (Å²) in [4.78, 5) is 68.0. The van der Waals surface area contributed by atoms with Gasteiger partial charge in [-0.2, -0.15) is 22.0 Å². The van der Waals surface area contributed by atoms with Crippen LogP contribution in [0.1, 0.15) is 95.4 Å². The molecule has 24 heteroatoms. The van der Waals surface area contributed by atoms with Crippen LogP contribution in [-0.2, 0) is 39.7 Å². The van der Waals surface area contributed by atoms with Crippen molar-refractivity contribution in [2.45, 2.75) is 137 Å². The minimum atomic E-state index is -4.72. The van der Waals surface area contributed by atoms with Gasteiger partial charge in [-0.25, -0.2) is 19.5 Å². The van der Waals surface area contributed by atoms with Crippen molar-refractivity contribution >= 4 is 71.8 Å². The van der Waals surface area contributed by atoms with Crippen LogP contribution in [0, 0.1) is 39.0 Å². The number of nitrogens with zero attached hydrogens (tertiary/aromatic N) is 3. The number of carbonyl (C=O) groups excluding carboxylic acids is 4. The molecule has 5 atom stereocenters. The standard InChI is InChI=1S/C47H59N7O10S2.C8H11NO3S/c1-10-29-23-47(29,43(57)53-66(59,60)64-39-27(4)14-13-15-28(39)5)52-41(55)37-21-32(24-54(37)42(56)40(46(6,7)8)51-45(58)63-30-16-11-12-17-30)62-38-22-35(36-25-65-44(50-36)48-26(2)3)49-34-20-31(61-9)18-19-33(34)38;1-6-4-3-5-7(2)8(6)12-13(9,10)11/h10,13-15,18-20,22,25-26,29-30,32,37,40H,1,11-12,16-17,21,23-24H2,2-9H3,(H,48,50)(H,51,58)(H,52,55)(H,53,57);3-5H,1-2H3,(H2,9,10,11)/t29-,32-,37+,40-,47-;/m1./s1. The molecule has 3 aliphatic rings. The van der Waals surface area contributed by atoms with E-state index < -0.39 is 79.5 Å². The molecule has 0 spiro atoms. The molecule has 0 unspecified atom stereocenters. The summed E-state index contributed by atoms with van der Waals surface area (Å²) in [5, 5.41) is 16.9. The van der Waals surface area contributed by atoms with Crippen LogP contribution < -0.4 is 43.7 Å². The molecule has 4 amide bonds. The predicted molar refractivity (Wildman–Crippen MR) is 300 cm³/mol. The predicted octanol–water partition coefficient (Wildman–Crippen LogP) is 7.62. The lowest BCUT2D eigenvalue weighted by atomic mass is 9.85. The molecule has 426 valence electrons. The second-order valence-corrected chi connectivity index (χ2v) is 24.7. The number of aryl methyl sites for hydroxylation is 4. The monoisotopic (exact) mass is 1150 g/mol. The number of thiazole rings is 1. The van der Waals surface area contributed by atoms with Gasteiger partial charge in [0.15, 0.2) is 5.13 Å². The fraction of sp³-hybridized carbons (Fsp3) is 0.455. The maximum atomic E-state index is 14.9. The summed E-state index contributed by atoms with van der Waals surface area (Å²) in [5.74, 6) is -1.63. The van der Waals surface area contributed by atoms with E-state index in [1.807, 2.05) is 36.1 Å². The minimum Gasteiger partial charge on any atom is -0.497 e. The fourth-order valence-corrected chi connectivity index (χ4v) is 11.8. The summed E-state index contributed by atoms with van der Waals surface area (Å²) in [5.41, 5.74) is 1.66. The summed E-state index contributed by atoms with van der Waals surface area (Å²) < 4.78 is 77.9. The van der Waals surface area contributed by atoms with Crippen molar-refractivity contribution in [1.29, 1.82) is 0 Å². The van der Waals surface area contributed by atoms with Crippen molar-refractivity contribution in [1.82, 2.24) is 30.2 Å². The summed E-state index contributed by atoms with van der Waals surface area (Å²) in [7, 11) is -7.08. The molecular weight excluding hydrogens is 1080 g/mol. The Morgan fingerprint density at radius 2 is 1.49 bits per heavy atom. The summed E-state index contributed by atoms with van der Waals surface area (Å²) >= 11 is 1.44. The van der Waals surface area contributed by atoms with E-state index >= 15 is 0 Å². The lowest BCUT2D eigenvalue weighted by Crippen LogP contribution is -2.60. The van der Waals surface area contributed by atoms with E-state index in [4.69, 9.17) is 33.5 Å². The normalized spacial score (nSPS) is 19.6. The molecule has 79 heavy (non-hydrogen) atoms. The Hall–Kier alpha value is -7.02. The van der Waals surface area contributed by atoms with E-state index in [0.29, 0.717) is 50.7 Å². The highest BCUT2D eigenvalue weighted by Crippen LogP contribution is 2.45. The zero-order valence-electron chi connectivity index (χ0n) is 46.0. The van der Waals surface area contributed by atoms with Gasteiger partial charge in [-0.1, -0.05) is 63.2 Å². The van der Waals surface area contributed by atoms with Crippen molar-refractivity contribution < 1.29 is 58.6 Å². The lowest BCUT2D eigenvalue weighted by molar-refractivity contribution is -0.143. The molecule has 2 aromatic heterocycles. The molecule has 3 fully saturated rings. The van der Waals surface area contributed by atoms with Gasteiger partial charge in [-0.15, -0.1) is 17.9 Å². The maximum Gasteiger partial charge on any atom is 0.409 e. The number of carbonyl (C=O) groups is 4. The third kappa shape index (κ3) is 14.8. The Balaban J connectivity index is 0.000000609. The van der Waals surface area contributed by atoms with Gasteiger partial charge in [0.05, 0.1) is 24.9 Å². The van der Waals surface area contributed by atoms with Crippen molar-refractivity contribution in [2.75, 3.05) is 19.0 Å². The Morgan fingerprint density at radius 3 is 2.05 bits per heavy atom. The highest BCUT2D eigenvalue weighted by molar-refractivity contribution is 7.85. The van der Waals surface area contributed by atoms with Crippen molar-refractivity contribution in [2.24, 2.45) is 16.5 Å². The molecule has 6 N–H and O–H groups in total. The second kappa shape index (κ2) is 24.1. The number of pyridine rings is 1. The number of hydrogen-bond acceptors (Lipinski definition) is 17. The molecule has 21 nitrogen and oxygen atoms in total. The van der Waals surface area contributed by atoms with E-state index in [-0.39, 0.29) is 37.3 Å². The Kier molecular flexibility index (Phi) is 18.2. The average Bonchev–Trinajstić information content (AvgIpc) is 3.92. The molecule has 2 saturated carbocycles. The van der Waals surface area contributed by atoms with Crippen molar-refractivity contribution in [3.05, 3.63) is 101 Å². The van der Waals surface area contributed by atoms with Crippen LogP contribution in [0.25, 0.3) is 22.3 Å². The third-order valence-electron chi connectivity index (χ3n) is 13.7. The summed E-state index contributed by atoms with van der Waals surface area (Å²) in [6, 6.07) is 15.3.